The Hall–Kier alpha value is -1.58. The number of pyridine rings is 1. The van der Waals surface area contributed by atoms with Crippen LogP contribution in [-0.4, -0.2) is 55.1 Å². The molecule has 6 nitrogen and oxygen atoms in total. The number of unbranched alkanes of at least 4 members (excludes halogenated alkanes) is 2. The number of para-hydroxylation sites is 1. The molecule has 2 heterocycles. The molecule has 5 rings (SSSR count). The number of hydrogen-bond donors (Lipinski definition) is 1. The Balaban J connectivity index is 0.000000738. The number of ether oxygens (including phenoxy) is 2. The Morgan fingerprint density at radius 3 is 2.46 bits per heavy atom. The van der Waals surface area contributed by atoms with Crippen molar-refractivity contribution in [1.82, 2.24) is 9.88 Å². The summed E-state index contributed by atoms with van der Waals surface area (Å²) in [5.74, 6) is 2.44. The number of anilines is 1. The molecular weight excluding hydrogens is 598 g/mol. The van der Waals surface area contributed by atoms with Gasteiger partial charge in [-0.1, -0.05) is 38.2 Å². The molecule has 7 heteroatoms. The number of Topliss-reactive ketones (excluding diaryl/α,β-unsaturated/α-hetero) is 1. The van der Waals surface area contributed by atoms with Crippen LogP contribution in [0.1, 0.15) is 98.3 Å². The molecule has 0 spiro atoms. The topological polar surface area (TPSA) is 63.7 Å². The molecular formula is C39H55KN3O3-. The van der Waals surface area contributed by atoms with Crippen LogP contribution in [0, 0.1) is 33.3 Å². The maximum absolute atomic E-state index is 12.6. The fourth-order valence-corrected chi connectivity index (χ4v) is 6.03. The Labute approximate surface area is 321 Å². The third kappa shape index (κ3) is 12.5. The van der Waals surface area contributed by atoms with Crippen molar-refractivity contribution in [3.05, 3.63) is 90.5 Å². The number of methoxy groups -OCH3 is 1. The van der Waals surface area contributed by atoms with Crippen LogP contribution in [-0.2, 0) is 4.74 Å². The van der Waals surface area contributed by atoms with E-state index in [4.69, 9.17) is 9.47 Å². The number of likely N-dealkylation sites (tertiary alicyclic amines) is 1. The molecule has 46 heavy (non-hydrogen) atoms. The zero-order valence-electron chi connectivity index (χ0n) is 29.5. The van der Waals surface area contributed by atoms with Gasteiger partial charge in [0.25, 0.3) is 0 Å². The van der Waals surface area contributed by atoms with Crippen molar-refractivity contribution in [2.24, 2.45) is 5.92 Å². The fourth-order valence-electron chi connectivity index (χ4n) is 6.03. The number of aromatic nitrogens is 1. The Morgan fingerprint density at radius 1 is 1.07 bits per heavy atom. The van der Waals surface area contributed by atoms with Crippen molar-refractivity contribution in [2.45, 2.75) is 91.0 Å². The molecule has 3 aromatic rings. The molecule has 1 unspecified atom stereocenters. The summed E-state index contributed by atoms with van der Waals surface area (Å²) in [4.78, 5) is 19.6. The van der Waals surface area contributed by atoms with E-state index in [0.717, 1.165) is 80.2 Å². The summed E-state index contributed by atoms with van der Waals surface area (Å²) in [7, 11) is 1.75. The zero-order valence-corrected chi connectivity index (χ0v) is 32.7. The fraction of sp³-hybridized carbons (Fsp3) is 0.513. The number of benzene rings is 2. The van der Waals surface area contributed by atoms with Crippen LogP contribution in [0.15, 0.2) is 54.6 Å². The molecule has 1 aliphatic heterocycles. The molecule has 2 fully saturated rings. The van der Waals surface area contributed by atoms with Crippen LogP contribution in [0.2, 0.25) is 0 Å². The van der Waals surface area contributed by atoms with Crippen molar-refractivity contribution in [2.75, 3.05) is 38.7 Å². The van der Waals surface area contributed by atoms with Gasteiger partial charge in [0.1, 0.15) is 0 Å². The van der Waals surface area contributed by atoms with Gasteiger partial charge in [-0.05, 0) is 95.8 Å². The molecule has 1 saturated carbocycles. The molecule has 0 amide bonds. The summed E-state index contributed by atoms with van der Waals surface area (Å²) in [6.45, 7) is 12.5. The maximum atomic E-state index is 12.6. The first-order chi connectivity index (χ1) is 21.4. The van der Waals surface area contributed by atoms with Crippen LogP contribution in [0.5, 0.6) is 11.6 Å². The van der Waals surface area contributed by atoms with Gasteiger partial charge in [-0.2, -0.15) is 18.2 Å². The molecule has 2 aliphatic rings. The number of rotatable bonds is 13. The molecule has 0 bridgehead atoms. The van der Waals surface area contributed by atoms with Crippen molar-refractivity contribution < 1.29 is 65.7 Å². The van der Waals surface area contributed by atoms with Crippen molar-refractivity contribution in [3.63, 3.8) is 0 Å². The van der Waals surface area contributed by atoms with E-state index in [0.29, 0.717) is 23.6 Å². The SMILES string of the molecule is CCCCCOC.Cc1cccc(Oc2[c-]cccc2C2CCN(CC(C)Nc3ccc(C(=O)C4CCC4)cc3C)CC2)n1.[CH3-].[K+]. The normalized spacial score (nSPS) is 15.7. The minimum Gasteiger partial charge on any atom is -0.465 e. The molecule has 1 saturated heterocycles. The number of piperidine rings is 1. The zero-order chi connectivity index (χ0) is 31.3. The van der Waals surface area contributed by atoms with E-state index in [2.05, 4.69) is 66.3 Å². The van der Waals surface area contributed by atoms with Gasteiger partial charge in [-0.25, -0.2) is 4.98 Å². The molecule has 1 atom stereocenters. The summed E-state index contributed by atoms with van der Waals surface area (Å²) >= 11 is 0. The largest absolute Gasteiger partial charge is 1.00 e. The summed E-state index contributed by atoms with van der Waals surface area (Å²) in [5.41, 5.74) is 5.30. The van der Waals surface area contributed by atoms with E-state index in [1.807, 2.05) is 37.3 Å². The van der Waals surface area contributed by atoms with Gasteiger partial charge in [0.15, 0.2) is 5.78 Å². The van der Waals surface area contributed by atoms with Gasteiger partial charge in [0.05, 0.1) is 0 Å². The molecule has 246 valence electrons. The second kappa shape index (κ2) is 21.4. The quantitative estimate of drug-likeness (QED) is 0.102. The summed E-state index contributed by atoms with van der Waals surface area (Å²) in [6, 6.07) is 21.7. The van der Waals surface area contributed by atoms with Crippen LogP contribution < -0.4 is 61.4 Å². The predicted octanol–water partition coefficient (Wildman–Crippen LogP) is 6.23. The Kier molecular flexibility index (Phi) is 18.9. The Morgan fingerprint density at radius 2 is 1.83 bits per heavy atom. The van der Waals surface area contributed by atoms with E-state index < -0.39 is 0 Å². The number of nitrogens with zero attached hydrogens (tertiary/aromatic N) is 2. The van der Waals surface area contributed by atoms with E-state index in [1.165, 1.54) is 31.2 Å². The van der Waals surface area contributed by atoms with E-state index in [-0.39, 0.29) is 64.7 Å². The summed E-state index contributed by atoms with van der Waals surface area (Å²) < 4.78 is 11.0. The summed E-state index contributed by atoms with van der Waals surface area (Å²) in [5, 5.41) is 3.68. The number of aryl methyl sites for hydroxylation is 2. The standard InChI is InChI=1S/C32H38N3O2.C6H14O.CH3.K/c1-22-20-27(32(36)26-9-7-10-26)14-15-29(22)33-24(3)21-35-18-16-25(17-19-35)28-11-4-5-12-30(28)37-31-13-6-8-23(2)34-31;1-3-4-5-6-7-2;;/h4-6,8,11,13-15,20,24-26,33H,7,9-10,16-19,21H2,1-3H3;3-6H2,1-2H3;1H3;/q-1;;-1;+1. The van der Waals surface area contributed by atoms with Crippen LogP contribution in [0.25, 0.3) is 0 Å². The third-order valence-electron chi connectivity index (χ3n) is 8.82. The van der Waals surface area contributed by atoms with Gasteiger partial charge in [0, 0.05) is 61.0 Å². The van der Waals surface area contributed by atoms with Crippen LogP contribution in [0.3, 0.4) is 0 Å². The number of nitrogens with one attached hydrogen (secondary N) is 1. The second-order valence-electron chi connectivity index (χ2n) is 12.5. The van der Waals surface area contributed by atoms with E-state index >= 15 is 0 Å². The third-order valence-corrected chi connectivity index (χ3v) is 8.82. The second-order valence-corrected chi connectivity index (χ2v) is 12.5. The molecule has 2 aromatic carbocycles. The van der Waals surface area contributed by atoms with Gasteiger partial charge >= 0.3 is 51.4 Å². The predicted molar refractivity (Wildman–Crippen MR) is 186 cm³/mol. The van der Waals surface area contributed by atoms with Gasteiger partial charge in [-0.15, -0.1) is 11.6 Å². The monoisotopic (exact) mass is 652 g/mol. The molecule has 1 N–H and O–H groups in total. The Bertz CT molecular complexity index is 1320. The molecule has 1 aromatic heterocycles. The van der Waals surface area contributed by atoms with Gasteiger partial charge in [-0.3, -0.25) is 4.79 Å². The molecule has 0 radical (unpaired) electrons. The first-order valence-corrected chi connectivity index (χ1v) is 16.6. The smallest absolute Gasteiger partial charge is 0.465 e. The average Bonchev–Trinajstić information content (AvgIpc) is 2.99. The number of carbonyl (C=O) groups excluding carboxylic acids is 1. The van der Waals surface area contributed by atoms with Crippen molar-refractivity contribution in [1.29, 1.82) is 0 Å². The maximum Gasteiger partial charge on any atom is 1.00 e. The molecule has 1 aliphatic carbocycles. The minimum atomic E-state index is 0. The number of carbonyl (C=O) groups is 1. The first-order valence-electron chi connectivity index (χ1n) is 16.6. The van der Waals surface area contributed by atoms with Crippen LogP contribution in [0.4, 0.5) is 5.69 Å². The van der Waals surface area contributed by atoms with Crippen LogP contribution >= 0.6 is 0 Å². The first kappa shape index (κ1) is 40.6. The van der Waals surface area contributed by atoms with Gasteiger partial charge in [0.2, 0.25) is 5.88 Å². The van der Waals surface area contributed by atoms with E-state index in [9.17, 15) is 4.79 Å². The average molecular weight is 653 g/mol. The number of ketones is 1. The van der Waals surface area contributed by atoms with Crippen molar-refractivity contribution in [3.8, 4) is 11.6 Å². The minimum absolute atomic E-state index is 0. The summed E-state index contributed by atoms with van der Waals surface area (Å²) in [6.07, 6.45) is 9.27. The number of hydrogen-bond acceptors (Lipinski definition) is 6. The van der Waals surface area contributed by atoms with Gasteiger partial charge < -0.3 is 27.1 Å². The van der Waals surface area contributed by atoms with Crippen molar-refractivity contribution >= 4 is 11.5 Å². The van der Waals surface area contributed by atoms with E-state index in [1.54, 1.807) is 7.11 Å².